The molecule has 1 radical (unpaired) electrons. The summed E-state index contributed by atoms with van der Waals surface area (Å²) < 4.78 is 13.1. The first-order valence-electron chi connectivity index (χ1n) is 1.17. The maximum absolute atomic E-state index is 9.47. The van der Waals surface area contributed by atoms with Gasteiger partial charge in [-0.15, -0.1) is 0 Å². The number of hydrogen-bond donors (Lipinski definition) is 2. The van der Waals surface area contributed by atoms with E-state index in [1.807, 2.05) is 0 Å². The van der Waals surface area contributed by atoms with E-state index in [1.54, 1.807) is 0 Å². The first-order valence-corrected chi connectivity index (χ1v) is 2.70. The molecule has 0 rings (SSSR count). The van der Waals surface area contributed by atoms with E-state index in [2.05, 4.69) is 4.52 Å². The van der Waals surface area contributed by atoms with E-state index in [-0.39, 0.29) is 17.1 Å². The predicted molar refractivity (Wildman–Crippen MR) is 19.1 cm³/mol. The Labute approximate surface area is 51.6 Å². The zero-order valence-corrected chi connectivity index (χ0v) is 5.30. The van der Waals surface area contributed by atoms with Crippen molar-refractivity contribution in [3.63, 3.8) is 0 Å². The SMILES string of the molecule is COP(=O)(O)O.[Cu]. The fourth-order valence-electron chi connectivity index (χ4n) is 0. The summed E-state index contributed by atoms with van der Waals surface area (Å²) in [6.07, 6.45) is 0. The average Bonchev–Trinajstić information content (AvgIpc) is 1.35. The van der Waals surface area contributed by atoms with Crippen molar-refractivity contribution < 1.29 is 35.9 Å². The topological polar surface area (TPSA) is 66.8 Å². The maximum Gasteiger partial charge on any atom is 0.469 e. The van der Waals surface area contributed by atoms with Crippen molar-refractivity contribution in [3.05, 3.63) is 0 Å². The molecule has 0 aliphatic rings. The van der Waals surface area contributed by atoms with Gasteiger partial charge in [0.05, 0.1) is 0 Å². The minimum absolute atomic E-state index is 0. The summed E-state index contributed by atoms with van der Waals surface area (Å²) in [5, 5.41) is 0. The Kier molecular flexibility index (Phi) is 5.46. The second-order valence-corrected chi connectivity index (χ2v) is 2.02. The van der Waals surface area contributed by atoms with E-state index < -0.39 is 7.82 Å². The van der Waals surface area contributed by atoms with Gasteiger partial charge in [0.15, 0.2) is 0 Å². The maximum atomic E-state index is 9.47. The Hall–Kier alpha value is 0.629. The third-order valence-corrected chi connectivity index (χ3v) is 0.714. The van der Waals surface area contributed by atoms with E-state index >= 15 is 0 Å². The summed E-state index contributed by atoms with van der Waals surface area (Å²) in [6, 6.07) is 0. The second kappa shape index (κ2) is 3.61. The van der Waals surface area contributed by atoms with Crippen molar-refractivity contribution in [2.24, 2.45) is 0 Å². The predicted octanol–water partition coefficient (Wildman–Crippen LogP) is -0.277. The molecule has 4 nitrogen and oxygen atoms in total. The molecule has 6 heteroatoms. The number of phosphoric acid groups is 1. The van der Waals surface area contributed by atoms with E-state index in [0.717, 1.165) is 7.11 Å². The molecule has 0 saturated heterocycles. The van der Waals surface area contributed by atoms with Crippen molar-refractivity contribution in [2.45, 2.75) is 0 Å². The standard InChI is InChI=1S/CH5O4P.Cu/c1-5-6(2,3)4;/h1H3,(H2,2,3,4);. The Morgan fingerprint density at radius 3 is 1.71 bits per heavy atom. The summed E-state index contributed by atoms with van der Waals surface area (Å²) in [5.74, 6) is 0. The molecule has 0 aromatic rings. The molecule has 0 amide bonds. The number of hydrogen-bond acceptors (Lipinski definition) is 2. The van der Waals surface area contributed by atoms with Crippen molar-refractivity contribution >= 4 is 7.82 Å². The van der Waals surface area contributed by atoms with Crippen LogP contribution in [0, 0.1) is 0 Å². The van der Waals surface area contributed by atoms with Crippen LogP contribution in [-0.2, 0) is 26.2 Å². The van der Waals surface area contributed by atoms with E-state index in [0.29, 0.717) is 0 Å². The molecule has 0 saturated carbocycles. The van der Waals surface area contributed by atoms with Gasteiger partial charge in [-0.05, 0) is 0 Å². The van der Waals surface area contributed by atoms with Crippen LogP contribution in [0.3, 0.4) is 0 Å². The Morgan fingerprint density at radius 1 is 1.57 bits per heavy atom. The smallest absolute Gasteiger partial charge is 0.303 e. The second-order valence-electron chi connectivity index (χ2n) is 0.673. The van der Waals surface area contributed by atoms with Crippen LogP contribution in [0.15, 0.2) is 0 Å². The Bertz CT molecular complexity index is 75.8. The van der Waals surface area contributed by atoms with Gasteiger partial charge in [0, 0.05) is 24.2 Å². The first kappa shape index (κ1) is 10.6. The van der Waals surface area contributed by atoms with Crippen LogP contribution in [0.2, 0.25) is 0 Å². The molecule has 7 heavy (non-hydrogen) atoms. The van der Waals surface area contributed by atoms with Crippen LogP contribution < -0.4 is 0 Å². The van der Waals surface area contributed by atoms with Gasteiger partial charge in [-0.1, -0.05) is 0 Å². The van der Waals surface area contributed by atoms with Crippen LogP contribution in [0.25, 0.3) is 0 Å². The summed E-state index contributed by atoms with van der Waals surface area (Å²) in [4.78, 5) is 15.4. The molecule has 0 atom stereocenters. The monoisotopic (exact) mass is 175 g/mol. The fourth-order valence-corrected chi connectivity index (χ4v) is 0. The molecule has 0 fully saturated rings. The summed E-state index contributed by atoms with van der Waals surface area (Å²) in [7, 11) is -3.20. The number of phosphoric ester groups is 1. The molecule has 49 valence electrons. The van der Waals surface area contributed by atoms with Gasteiger partial charge in [-0.2, -0.15) is 0 Å². The van der Waals surface area contributed by atoms with Gasteiger partial charge >= 0.3 is 7.82 Å². The molecule has 0 aromatic carbocycles. The van der Waals surface area contributed by atoms with Crippen LogP contribution in [0.1, 0.15) is 0 Å². The van der Waals surface area contributed by atoms with Crippen molar-refractivity contribution in [1.29, 1.82) is 0 Å². The Morgan fingerprint density at radius 2 is 1.71 bits per heavy atom. The average molecular weight is 176 g/mol. The molecule has 0 spiro atoms. The van der Waals surface area contributed by atoms with Crippen LogP contribution in [0.5, 0.6) is 0 Å². The van der Waals surface area contributed by atoms with E-state index in [1.165, 1.54) is 0 Å². The normalized spacial score (nSPS) is 10.1. The molecule has 0 aromatic heterocycles. The van der Waals surface area contributed by atoms with E-state index in [4.69, 9.17) is 9.79 Å². The minimum Gasteiger partial charge on any atom is -0.303 e. The molecule has 0 heterocycles. The van der Waals surface area contributed by atoms with Crippen LogP contribution in [-0.4, -0.2) is 16.9 Å². The van der Waals surface area contributed by atoms with E-state index in [9.17, 15) is 4.57 Å². The zero-order chi connectivity index (χ0) is 5.21. The van der Waals surface area contributed by atoms with Gasteiger partial charge in [-0.3, -0.25) is 4.52 Å². The molecular formula is CH5CuO4P. The molecule has 2 N–H and O–H groups in total. The quantitative estimate of drug-likeness (QED) is 0.425. The van der Waals surface area contributed by atoms with Gasteiger partial charge in [0.1, 0.15) is 0 Å². The Balaban J connectivity index is 0. The van der Waals surface area contributed by atoms with Crippen LogP contribution in [0.4, 0.5) is 0 Å². The van der Waals surface area contributed by atoms with Gasteiger partial charge in [0.25, 0.3) is 0 Å². The molecular weight excluding hydrogens is 171 g/mol. The third kappa shape index (κ3) is 10.8. The fraction of sp³-hybridized carbons (Fsp3) is 1.00. The molecule has 0 aliphatic carbocycles. The van der Waals surface area contributed by atoms with Gasteiger partial charge < -0.3 is 9.79 Å². The van der Waals surface area contributed by atoms with Crippen molar-refractivity contribution in [1.82, 2.24) is 0 Å². The number of rotatable bonds is 1. The van der Waals surface area contributed by atoms with Crippen LogP contribution >= 0.6 is 7.82 Å². The molecule has 0 aliphatic heterocycles. The largest absolute Gasteiger partial charge is 0.469 e. The zero-order valence-electron chi connectivity index (χ0n) is 3.46. The van der Waals surface area contributed by atoms with Gasteiger partial charge in [0.2, 0.25) is 0 Å². The van der Waals surface area contributed by atoms with Crippen molar-refractivity contribution in [2.75, 3.05) is 7.11 Å². The summed E-state index contributed by atoms with van der Waals surface area (Å²) in [6.45, 7) is 0. The third-order valence-electron chi connectivity index (χ3n) is 0.238. The summed E-state index contributed by atoms with van der Waals surface area (Å²) in [5.41, 5.74) is 0. The molecule has 0 bridgehead atoms. The van der Waals surface area contributed by atoms with Crippen molar-refractivity contribution in [3.8, 4) is 0 Å². The minimum atomic E-state index is -4.15. The molecule has 0 unspecified atom stereocenters. The van der Waals surface area contributed by atoms with Gasteiger partial charge in [-0.25, -0.2) is 4.57 Å². The summed E-state index contributed by atoms with van der Waals surface area (Å²) >= 11 is 0. The first-order chi connectivity index (χ1) is 2.56.